The molecule has 1 atom stereocenters. The molecule has 0 heterocycles. The van der Waals surface area contributed by atoms with Crippen molar-refractivity contribution in [2.45, 2.75) is 33.2 Å². The Morgan fingerprint density at radius 3 is 2.58 bits per heavy atom. The molecule has 0 fully saturated rings. The molecule has 1 rings (SSSR count). The maximum Gasteiger partial charge on any atom is 0.335 e. The van der Waals surface area contributed by atoms with E-state index < -0.39 is 5.97 Å². The third-order valence-electron chi connectivity index (χ3n) is 3.30. The highest BCUT2D eigenvalue weighted by Crippen LogP contribution is 2.18. The molecule has 104 valence electrons. The summed E-state index contributed by atoms with van der Waals surface area (Å²) in [7, 11) is 1.72. The highest BCUT2D eigenvalue weighted by Gasteiger charge is 2.15. The van der Waals surface area contributed by atoms with Crippen molar-refractivity contribution in [3.8, 4) is 0 Å². The molecule has 0 aliphatic heterocycles. The fourth-order valence-corrected chi connectivity index (χ4v) is 1.57. The highest BCUT2D eigenvalue weighted by molar-refractivity contribution is 5.94. The van der Waals surface area contributed by atoms with E-state index in [9.17, 15) is 9.59 Å². The van der Waals surface area contributed by atoms with Gasteiger partial charge in [0, 0.05) is 18.8 Å². The second-order valence-corrected chi connectivity index (χ2v) is 4.63. The van der Waals surface area contributed by atoms with Gasteiger partial charge in [0.1, 0.15) is 0 Å². The number of urea groups is 1. The summed E-state index contributed by atoms with van der Waals surface area (Å²) in [6, 6.07) is 4.57. The van der Waals surface area contributed by atoms with E-state index in [1.54, 1.807) is 18.0 Å². The van der Waals surface area contributed by atoms with Crippen LogP contribution < -0.4 is 5.32 Å². The van der Waals surface area contributed by atoms with Crippen molar-refractivity contribution >= 4 is 17.7 Å². The summed E-state index contributed by atoms with van der Waals surface area (Å²) in [6.45, 7) is 5.79. The van der Waals surface area contributed by atoms with Crippen LogP contribution in [-0.4, -0.2) is 35.1 Å². The first kappa shape index (κ1) is 15.0. The molecule has 0 aromatic heterocycles. The van der Waals surface area contributed by atoms with Crippen LogP contribution in [0.15, 0.2) is 18.2 Å². The SMILES string of the molecule is CCC(C)N(C)C(=O)Nc1cc(C(=O)O)ccc1C. The lowest BCUT2D eigenvalue weighted by atomic mass is 10.1. The number of aryl methyl sites for hydroxylation is 1. The standard InChI is InChI=1S/C14H20N2O3/c1-5-10(3)16(4)14(19)15-12-8-11(13(17)18)7-6-9(12)2/h6-8,10H,5H2,1-4H3,(H,15,19)(H,17,18). The number of carbonyl (C=O) groups is 2. The van der Waals surface area contributed by atoms with Crippen molar-refractivity contribution in [1.82, 2.24) is 4.90 Å². The van der Waals surface area contributed by atoms with Gasteiger partial charge in [-0.15, -0.1) is 0 Å². The second kappa shape index (κ2) is 6.22. The van der Waals surface area contributed by atoms with Crippen LogP contribution in [0.5, 0.6) is 0 Å². The lowest BCUT2D eigenvalue weighted by Crippen LogP contribution is -2.38. The molecule has 0 saturated heterocycles. The highest BCUT2D eigenvalue weighted by atomic mass is 16.4. The number of carbonyl (C=O) groups excluding carboxylic acids is 1. The van der Waals surface area contributed by atoms with Crippen molar-refractivity contribution in [2.75, 3.05) is 12.4 Å². The largest absolute Gasteiger partial charge is 0.478 e. The molecule has 1 aromatic carbocycles. The zero-order valence-electron chi connectivity index (χ0n) is 11.7. The Morgan fingerprint density at radius 1 is 1.42 bits per heavy atom. The monoisotopic (exact) mass is 264 g/mol. The Hall–Kier alpha value is -2.04. The van der Waals surface area contributed by atoms with Crippen LogP contribution in [0, 0.1) is 6.92 Å². The smallest absolute Gasteiger partial charge is 0.335 e. The summed E-state index contributed by atoms with van der Waals surface area (Å²) in [5.41, 5.74) is 1.52. The summed E-state index contributed by atoms with van der Waals surface area (Å²) < 4.78 is 0. The minimum absolute atomic E-state index is 0.128. The van der Waals surface area contributed by atoms with Crippen LogP contribution in [0.3, 0.4) is 0 Å². The maximum atomic E-state index is 12.0. The van der Waals surface area contributed by atoms with Crippen LogP contribution >= 0.6 is 0 Å². The molecule has 2 N–H and O–H groups in total. The third-order valence-corrected chi connectivity index (χ3v) is 3.30. The molecule has 0 aliphatic carbocycles. The number of carboxylic acid groups (broad SMARTS) is 1. The van der Waals surface area contributed by atoms with E-state index in [-0.39, 0.29) is 17.6 Å². The lowest BCUT2D eigenvalue weighted by Gasteiger charge is -2.24. The number of nitrogens with one attached hydrogen (secondary N) is 1. The first-order chi connectivity index (χ1) is 8.86. The van der Waals surface area contributed by atoms with E-state index in [4.69, 9.17) is 5.11 Å². The fraction of sp³-hybridized carbons (Fsp3) is 0.429. The normalized spacial score (nSPS) is 11.8. The quantitative estimate of drug-likeness (QED) is 0.878. The number of rotatable bonds is 4. The predicted molar refractivity (Wildman–Crippen MR) is 74.7 cm³/mol. The van der Waals surface area contributed by atoms with Crippen LogP contribution in [0.2, 0.25) is 0 Å². The first-order valence-electron chi connectivity index (χ1n) is 6.24. The minimum Gasteiger partial charge on any atom is -0.478 e. The van der Waals surface area contributed by atoms with Gasteiger partial charge >= 0.3 is 12.0 Å². The molecule has 2 amide bonds. The molecule has 0 aliphatic rings. The lowest BCUT2D eigenvalue weighted by molar-refractivity contribution is 0.0697. The van der Waals surface area contributed by atoms with Gasteiger partial charge in [0.2, 0.25) is 0 Å². The molecule has 0 radical (unpaired) electrons. The van der Waals surface area contributed by atoms with Gasteiger partial charge in [0.25, 0.3) is 0 Å². The number of hydrogen-bond donors (Lipinski definition) is 2. The Bertz CT molecular complexity index is 486. The summed E-state index contributed by atoms with van der Waals surface area (Å²) in [5.74, 6) is -1.01. The van der Waals surface area contributed by atoms with Gasteiger partial charge < -0.3 is 15.3 Å². The number of carboxylic acids is 1. The fourth-order valence-electron chi connectivity index (χ4n) is 1.57. The number of amides is 2. The molecule has 5 nitrogen and oxygen atoms in total. The average molecular weight is 264 g/mol. The van der Waals surface area contributed by atoms with Gasteiger partial charge in [-0.05, 0) is 38.0 Å². The van der Waals surface area contributed by atoms with Crippen molar-refractivity contribution in [3.05, 3.63) is 29.3 Å². The molecular formula is C14H20N2O3. The summed E-state index contributed by atoms with van der Waals surface area (Å²) in [5, 5.41) is 11.7. The Morgan fingerprint density at radius 2 is 2.05 bits per heavy atom. The van der Waals surface area contributed by atoms with Gasteiger partial charge in [0.15, 0.2) is 0 Å². The third kappa shape index (κ3) is 3.71. The second-order valence-electron chi connectivity index (χ2n) is 4.63. The Kier molecular flexibility index (Phi) is 4.92. The van der Waals surface area contributed by atoms with Gasteiger partial charge in [-0.1, -0.05) is 13.0 Å². The molecular weight excluding hydrogens is 244 g/mol. The van der Waals surface area contributed by atoms with Crippen molar-refractivity contribution in [3.63, 3.8) is 0 Å². The number of benzene rings is 1. The number of aromatic carboxylic acids is 1. The van der Waals surface area contributed by atoms with Crippen molar-refractivity contribution in [2.24, 2.45) is 0 Å². The van der Waals surface area contributed by atoms with E-state index in [2.05, 4.69) is 5.32 Å². The van der Waals surface area contributed by atoms with Gasteiger partial charge in [-0.3, -0.25) is 0 Å². The molecule has 0 saturated carbocycles. The Labute approximate surface area is 113 Å². The van der Waals surface area contributed by atoms with Crippen molar-refractivity contribution in [1.29, 1.82) is 0 Å². The van der Waals surface area contributed by atoms with E-state index in [1.165, 1.54) is 12.1 Å². The number of anilines is 1. The minimum atomic E-state index is -1.01. The molecule has 19 heavy (non-hydrogen) atoms. The van der Waals surface area contributed by atoms with Crippen molar-refractivity contribution < 1.29 is 14.7 Å². The van der Waals surface area contributed by atoms with Crippen LogP contribution in [0.4, 0.5) is 10.5 Å². The van der Waals surface area contributed by atoms with Crippen LogP contribution in [0.1, 0.15) is 36.2 Å². The molecule has 1 aromatic rings. The summed E-state index contributed by atoms with van der Waals surface area (Å²) in [6.07, 6.45) is 0.859. The summed E-state index contributed by atoms with van der Waals surface area (Å²) in [4.78, 5) is 24.5. The topological polar surface area (TPSA) is 69.6 Å². The van der Waals surface area contributed by atoms with E-state index >= 15 is 0 Å². The number of nitrogens with zero attached hydrogens (tertiary/aromatic N) is 1. The van der Waals surface area contributed by atoms with E-state index in [0.29, 0.717) is 5.69 Å². The zero-order valence-corrected chi connectivity index (χ0v) is 11.7. The summed E-state index contributed by atoms with van der Waals surface area (Å²) >= 11 is 0. The van der Waals surface area contributed by atoms with E-state index in [1.807, 2.05) is 20.8 Å². The molecule has 0 bridgehead atoms. The first-order valence-corrected chi connectivity index (χ1v) is 6.24. The predicted octanol–water partition coefficient (Wildman–Crippen LogP) is 2.96. The van der Waals surface area contributed by atoms with E-state index in [0.717, 1.165) is 12.0 Å². The van der Waals surface area contributed by atoms with Gasteiger partial charge in [-0.2, -0.15) is 0 Å². The van der Waals surface area contributed by atoms with Crippen LogP contribution in [-0.2, 0) is 0 Å². The van der Waals surface area contributed by atoms with Gasteiger partial charge in [0.05, 0.1) is 5.56 Å². The Balaban J connectivity index is 2.90. The molecule has 0 spiro atoms. The average Bonchev–Trinajstić information content (AvgIpc) is 2.38. The zero-order chi connectivity index (χ0) is 14.6. The number of hydrogen-bond acceptors (Lipinski definition) is 2. The molecule has 1 unspecified atom stereocenters. The molecule has 5 heteroatoms. The maximum absolute atomic E-state index is 12.0. The van der Waals surface area contributed by atoms with Gasteiger partial charge in [-0.25, -0.2) is 9.59 Å². The van der Waals surface area contributed by atoms with Crippen LogP contribution in [0.25, 0.3) is 0 Å².